The second-order valence-corrected chi connectivity index (χ2v) is 3.74. The van der Waals surface area contributed by atoms with E-state index < -0.39 is 20.1 Å². The summed E-state index contributed by atoms with van der Waals surface area (Å²) >= 11 is 0. The molecule has 0 rings (SSSR count). The predicted octanol–water partition coefficient (Wildman–Crippen LogP) is 0.471. The fraction of sp³-hybridized carbons (Fsp3) is 0.571. The zero-order valence-corrected chi connectivity index (χ0v) is 9.35. The molecule has 0 bridgehead atoms. The average molecular weight is 242 g/mol. The minimum atomic E-state index is -4.49. The van der Waals surface area contributed by atoms with Gasteiger partial charge in [0.25, 0.3) is 0 Å². The van der Waals surface area contributed by atoms with E-state index in [0.29, 0.717) is 0 Å². The van der Waals surface area contributed by atoms with Gasteiger partial charge >= 0.3 is 13.8 Å². The Bertz CT molecular complexity index is 244. The van der Waals surface area contributed by atoms with Crippen molar-refractivity contribution in [2.45, 2.75) is 26.6 Å². The van der Waals surface area contributed by atoms with Crippen molar-refractivity contribution < 1.29 is 33.9 Å². The molecule has 15 heavy (non-hydrogen) atoms. The lowest BCUT2D eigenvalue weighted by Crippen LogP contribution is -2.07. The van der Waals surface area contributed by atoms with E-state index in [4.69, 9.17) is 20.0 Å². The number of carboxylic acid groups (broad SMARTS) is 1. The number of carboxylic acids is 1. The molecule has 0 aromatic heterocycles. The van der Waals surface area contributed by atoms with Crippen LogP contribution in [0.1, 0.15) is 20.3 Å². The van der Waals surface area contributed by atoms with Gasteiger partial charge in [-0.05, 0) is 13.3 Å². The molecule has 1 unspecified atom stereocenters. The molecule has 0 aliphatic heterocycles. The van der Waals surface area contributed by atoms with Gasteiger partial charge < -0.3 is 20.0 Å². The van der Waals surface area contributed by atoms with E-state index in [1.165, 1.54) is 6.92 Å². The number of aliphatic carboxylic acids is 1. The first-order valence-corrected chi connectivity index (χ1v) is 5.44. The first-order valence-electron chi connectivity index (χ1n) is 3.91. The topological polar surface area (TPSA) is 124 Å². The number of hydrogen-bond acceptors (Lipinski definition) is 4. The second-order valence-electron chi connectivity index (χ2n) is 2.54. The summed E-state index contributed by atoms with van der Waals surface area (Å²) in [6.07, 6.45) is -1.21. The van der Waals surface area contributed by atoms with Crippen LogP contribution in [-0.2, 0) is 13.9 Å². The summed E-state index contributed by atoms with van der Waals surface area (Å²) in [4.78, 5) is 25.7. The third-order valence-electron chi connectivity index (χ3n) is 0.973. The Morgan fingerprint density at radius 3 is 1.93 bits per heavy atom. The summed E-state index contributed by atoms with van der Waals surface area (Å²) in [5.41, 5.74) is 0.176. The number of aliphatic hydroxyl groups is 1. The maximum Gasteiger partial charge on any atom is 0.471 e. The number of phosphoric ester groups is 1. The molecule has 0 aliphatic rings. The highest BCUT2D eigenvalue weighted by atomic mass is 31.2. The Hall–Kier alpha value is -0.720. The number of rotatable bonds is 4. The Morgan fingerprint density at radius 2 is 1.87 bits per heavy atom. The van der Waals surface area contributed by atoms with Crippen LogP contribution in [0.5, 0.6) is 0 Å². The van der Waals surface area contributed by atoms with Crippen molar-refractivity contribution in [2.24, 2.45) is 0 Å². The van der Waals surface area contributed by atoms with Gasteiger partial charge in [-0.2, -0.15) is 0 Å². The van der Waals surface area contributed by atoms with Gasteiger partial charge in [-0.1, -0.05) is 13.5 Å². The fourth-order valence-corrected chi connectivity index (χ4v) is 0.699. The smallest absolute Gasteiger partial charge is 0.471 e. The monoisotopic (exact) mass is 242 g/mol. The van der Waals surface area contributed by atoms with Gasteiger partial charge in [-0.3, -0.25) is 4.52 Å². The van der Waals surface area contributed by atoms with Gasteiger partial charge in [-0.15, -0.1) is 0 Å². The lowest BCUT2D eigenvalue weighted by molar-refractivity contribution is -0.132. The Morgan fingerprint density at radius 1 is 1.53 bits per heavy atom. The molecule has 0 saturated heterocycles. The summed E-state index contributed by atoms with van der Waals surface area (Å²) in [6, 6.07) is 0. The van der Waals surface area contributed by atoms with E-state index in [1.807, 2.05) is 0 Å². The number of aliphatic hydroxyl groups excluding tert-OH is 1. The molecule has 0 saturated carbocycles. The molecule has 0 heterocycles. The third-order valence-corrected chi connectivity index (χ3v) is 1.49. The summed E-state index contributed by atoms with van der Waals surface area (Å²) < 4.78 is 13.7. The van der Waals surface area contributed by atoms with Crippen LogP contribution in [0.4, 0.5) is 0 Å². The van der Waals surface area contributed by atoms with Gasteiger partial charge in [0.1, 0.15) is 0 Å². The van der Waals surface area contributed by atoms with Crippen LogP contribution in [0.3, 0.4) is 0 Å². The highest BCUT2D eigenvalue weighted by Gasteiger charge is 2.18. The molecule has 0 aromatic rings. The quantitative estimate of drug-likeness (QED) is 0.321. The zero-order valence-electron chi connectivity index (χ0n) is 8.45. The van der Waals surface area contributed by atoms with Crippen LogP contribution in [-0.4, -0.2) is 32.3 Å². The molecule has 4 N–H and O–H groups in total. The third kappa shape index (κ3) is 16.0. The first kappa shape index (κ1) is 16.7. The second kappa shape index (κ2) is 7.56. The van der Waals surface area contributed by atoms with Crippen LogP contribution >= 0.6 is 7.82 Å². The van der Waals surface area contributed by atoms with Crippen LogP contribution in [0.25, 0.3) is 0 Å². The molecule has 0 fully saturated rings. The Kier molecular flexibility index (Phi) is 8.41. The maximum atomic E-state index is 9.91. The van der Waals surface area contributed by atoms with Crippen molar-refractivity contribution in [3.8, 4) is 0 Å². The minimum absolute atomic E-state index is 0.158. The molecule has 1 atom stereocenters. The summed E-state index contributed by atoms with van der Waals surface area (Å²) in [6.45, 7) is 6.14. The number of phosphoric acid groups is 1. The molecule has 0 amide bonds. The van der Waals surface area contributed by atoms with Crippen molar-refractivity contribution in [1.29, 1.82) is 0 Å². The standard InChI is InChI=1S/C4H6O2.C3H9O5P/c1-3(2)4(5)6;1-2-3(4)8-9(5,6)7/h1H2,2H3,(H,5,6);3-4H,2H2,1H3,(H2,5,6,7). The first-order chi connectivity index (χ1) is 6.60. The summed E-state index contributed by atoms with van der Waals surface area (Å²) in [5.74, 6) is -0.935. The highest BCUT2D eigenvalue weighted by molar-refractivity contribution is 7.46. The van der Waals surface area contributed by atoms with E-state index in [-0.39, 0.29) is 12.0 Å². The number of carbonyl (C=O) groups is 1. The molecular weight excluding hydrogens is 227 g/mol. The molecule has 90 valence electrons. The van der Waals surface area contributed by atoms with E-state index in [1.54, 1.807) is 6.92 Å². The van der Waals surface area contributed by atoms with Crippen LogP contribution in [0.15, 0.2) is 12.2 Å². The largest absolute Gasteiger partial charge is 0.478 e. The van der Waals surface area contributed by atoms with Gasteiger partial charge in [0.05, 0.1) is 0 Å². The van der Waals surface area contributed by atoms with E-state index in [2.05, 4.69) is 11.1 Å². The molecule has 0 aliphatic carbocycles. The predicted molar refractivity (Wildman–Crippen MR) is 51.9 cm³/mol. The Labute approximate surface area is 87.2 Å². The van der Waals surface area contributed by atoms with Crippen molar-refractivity contribution in [3.05, 3.63) is 12.2 Å². The minimum Gasteiger partial charge on any atom is -0.478 e. The lowest BCUT2D eigenvalue weighted by atomic mass is 10.4. The molecule has 0 radical (unpaired) electrons. The summed E-state index contributed by atoms with van der Waals surface area (Å²) in [5, 5.41) is 16.4. The van der Waals surface area contributed by atoms with Crippen molar-refractivity contribution in [3.63, 3.8) is 0 Å². The molecule has 0 spiro atoms. The van der Waals surface area contributed by atoms with Gasteiger partial charge in [0, 0.05) is 5.57 Å². The van der Waals surface area contributed by atoms with Crippen molar-refractivity contribution in [1.82, 2.24) is 0 Å². The SMILES string of the molecule is C=C(C)C(=O)O.CCC(O)OP(=O)(O)O. The van der Waals surface area contributed by atoms with Gasteiger partial charge in [-0.25, -0.2) is 9.36 Å². The molecular formula is C7H15O7P. The molecule has 7 nitrogen and oxygen atoms in total. The van der Waals surface area contributed by atoms with E-state index in [0.717, 1.165) is 0 Å². The number of hydrogen-bond donors (Lipinski definition) is 4. The maximum absolute atomic E-state index is 9.91. The zero-order chi connectivity index (χ0) is 12.6. The van der Waals surface area contributed by atoms with Crippen LogP contribution < -0.4 is 0 Å². The van der Waals surface area contributed by atoms with Gasteiger partial charge in [0.2, 0.25) is 0 Å². The fourth-order valence-electron chi connectivity index (χ4n) is 0.233. The molecule has 8 heteroatoms. The normalized spacial score (nSPS) is 12.3. The summed E-state index contributed by atoms with van der Waals surface area (Å²) in [7, 11) is -4.49. The van der Waals surface area contributed by atoms with Crippen molar-refractivity contribution >= 4 is 13.8 Å². The molecule has 0 aromatic carbocycles. The van der Waals surface area contributed by atoms with Crippen LogP contribution in [0, 0.1) is 0 Å². The van der Waals surface area contributed by atoms with Crippen LogP contribution in [0.2, 0.25) is 0 Å². The van der Waals surface area contributed by atoms with Gasteiger partial charge in [0.15, 0.2) is 6.29 Å². The highest BCUT2D eigenvalue weighted by Crippen LogP contribution is 2.37. The van der Waals surface area contributed by atoms with E-state index in [9.17, 15) is 9.36 Å². The van der Waals surface area contributed by atoms with E-state index >= 15 is 0 Å². The van der Waals surface area contributed by atoms with Crippen molar-refractivity contribution in [2.75, 3.05) is 0 Å². The average Bonchev–Trinajstić information content (AvgIpc) is 2.02. The lowest BCUT2D eigenvalue weighted by Gasteiger charge is -2.08. The Balaban J connectivity index is 0.